The molecule has 1 saturated carbocycles. The number of hydrogen-bond donors (Lipinski definition) is 2. The van der Waals surface area contributed by atoms with Crippen molar-refractivity contribution in [3.8, 4) is 0 Å². The third kappa shape index (κ3) is 4.42. The zero-order valence-electron chi connectivity index (χ0n) is 17.4. The Bertz CT molecular complexity index is 1050. The molecule has 0 radical (unpaired) electrons. The van der Waals surface area contributed by atoms with E-state index in [4.69, 9.17) is 12.2 Å². The molecule has 30 heavy (non-hydrogen) atoms. The van der Waals surface area contributed by atoms with Crippen molar-refractivity contribution in [3.63, 3.8) is 0 Å². The van der Waals surface area contributed by atoms with Crippen LogP contribution in [0.5, 0.6) is 0 Å². The predicted octanol–water partition coefficient (Wildman–Crippen LogP) is 3.77. The minimum Gasteiger partial charge on any atom is -0.348 e. The normalized spacial score (nSPS) is 20.9. The fourth-order valence-corrected chi connectivity index (χ4v) is 5.09. The Morgan fingerprint density at radius 2 is 2.00 bits per heavy atom. The summed E-state index contributed by atoms with van der Waals surface area (Å²) in [6, 6.07) is 5.98. The molecule has 2 heterocycles. The maximum absolute atomic E-state index is 12.9. The average Bonchev–Trinajstić information content (AvgIpc) is 3.02. The van der Waals surface area contributed by atoms with Gasteiger partial charge < -0.3 is 10.3 Å². The van der Waals surface area contributed by atoms with E-state index in [1.54, 1.807) is 24.3 Å². The van der Waals surface area contributed by atoms with Gasteiger partial charge in [-0.3, -0.25) is 19.1 Å². The number of aromatic nitrogens is 2. The maximum atomic E-state index is 12.9. The Morgan fingerprint density at radius 3 is 2.73 bits per heavy atom. The molecule has 4 rings (SSSR count). The third-order valence-electron chi connectivity index (χ3n) is 6.45. The number of H-pyrrole nitrogens is 1. The lowest BCUT2D eigenvalue weighted by molar-refractivity contribution is 0.0935. The molecule has 1 aromatic heterocycles. The van der Waals surface area contributed by atoms with Crippen molar-refractivity contribution in [2.24, 2.45) is 0 Å². The van der Waals surface area contributed by atoms with Crippen molar-refractivity contribution in [2.75, 3.05) is 13.1 Å². The van der Waals surface area contributed by atoms with E-state index in [0.29, 0.717) is 33.8 Å². The van der Waals surface area contributed by atoms with Gasteiger partial charge in [0.2, 0.25) is 0 Å². The molecule has 2 N–H and O–H groups in total. The van der Waals surface area contributed by atoms with E-state index in [9.17, 15) is 9.59 Å². The Kier molecular flexibility index (Phi) is 6.49. The zero-order valence-corrected chi connectivity index (χ0v) is 18.2. The fourth-order valence-electron chi connectivity index (χ4n) is 4.82. The van der Waals surface area contributed by atoms with Gasteiger partial charge in [0.1, 0.15) is 0 Å². The lowest BCUT2D eigenvalue weighted by Crippen LogP contribution is -2.39. The summed E-state index contributed by atoms with van der Waals surface area (Å²) in [5.74, 6) is -0.0980. The number of carbonyl (C=O) groups is 1. The van der Waals surface area contributed by atoms with E-state index in [1.807, 2.05) is 0 Å². The van der Waals surface area contributed by atoms with Crippen LogP contribution in [-0.2, 0) is 6.54 Å². The summed E-state index contributed by atoms with van der Waals surface area (Å²) in [6.07, 6.45) is 10.6. The summed E-state index contributed by atoms with van der Waals surface area (Å²) < 4.78 is 1.80. The maximum Gasteiger partial charge on any atom is 0.262 e. The van der Waals surface area contributed by atoms with Crippen LogP contribution in [-0.4, -0.2) is 45.5 Å². The van der Waals surface area contributed by atoms with Gasteiger partial charge in [-0.25, -0.2) is 0 Å². The molecule has 2 fully saturated rings. The first-order valence-corrected chi connectivity index (χ1v) is 11.4. The van der Waals surface area contributed by atoms with Crippen LogP contribution in [0.15, 0.2) is 35.6 Å². The van der Waals surface area contributed by atoms with E-state index in [2.05, 4.69) is 21.8 Å². The van der Waals surface area contributed by atoms with Gasteiger partial charge in [-0.15, -0.1) is 6.58 Å². The molecule has 2 aliphatic rings. The van der Waals surface area contributed by atoms with Crippen molar-refractivity contribution in [3.05, 3.63) is 51.5 Å². The van der Waals surface area contributed by atoms with Crippen molar-refractivity contribution >= 4 is 29.0 Å². The Morgan fingerprint density at radius 1 is 1.23 bits per heavy atom. The number of allylic oxidation sites excluding steroid dienone is 1. The van der Waals surface area contributed by atoms with E-state index in [1.165, 1.54) is 43.1 Å². The first kappa shape index (κ1) is 21.0. The summed E-state index contributed by atoms with van der Waals surface area (Å²) in [4.78, 5) is 31.1. The van der Waals surface area contributed by atoms with Crippen molar-refractivity contribution < 1.29 is 4.79 Å². The van der Waals surface area contributed by atoms with Crippen LogP contribution in [0.25, 0.3) is 10.9 Å². The summed E-state index contributed by atoms with van der Waals surface area (Å²) >= 11 is 5.30. The monoisotopic (exact) mass is 426 g/mol. The smallest absolute Gasteiger partial charge is 0.262 e. The number of amides is 1. The van der Waals surface area contributed by atoms with Gasteiger partial charge in [0.15, 0.2) is 4.77 Å². The molecule has 6 nitrogen and oxygen atoms in total. The SMILES string of the molecule is C=CCn1c(=S)[nH]c2cc(C(=O)NC3CCN(C4CCCCCC4)C3)ccc2c1=O. The highest BCUT2D eigenvalue weighted by Crippen LogP contribution is 2.25. The standard InChI is InChI=1S/C23H30N4O2S/c1-2-12-27-22(29)19-10-9-16(14-20(19)25-23(27)30)21(28)24-17-11-13-26(15-17)18-7-5-3-4-6-8-18/h2,9-10,14,17-18H,1,3-8,11-13,15H2,(H,24,28)(H,25,30). The van der Waals surface area contributed by atoms with Gasteiger partial charge in [0, 0.05) is 37.3 Å². The number of likely N-dealkylation sites (tertiary alicyclic amines) is 1. The summed E-state index contributed by atoms with van der Waals surface area (Å²) in [5, 5.41) is 3.70. The summed E-state index contributed by atoms with van der Waals surface area (Å²) in [5.41, 5.74) is 0.960. The highest BCUT2D eigenvalue weighted by Gasteiger charge is 2.29. The molecular formula is C23H30N4O2S. The lowest BCUT2D eigenvalue weighted by atomic mass is 10.1. The molecule has 1 unspecified atom stereocenters. The van der Waals surface area contributed by atoms with Crippen LogP contribution < -0.4 is 10.9 Å². The summed E-state index contributed by atoms with van der Waals surface area (Å²) in [7, 11) is 0. The second-order valence-corrected chi connectivity index (χ2v) is 8.88. The number of carbonyl (C=O) groups excluding carboxylic acids is 1. The molecule has 7 heteroatoms. The average molecular weight is 427 g/mol. The van der Waals surface area contributed by atoms with Gasteiger partial charge in [-0.2, -0.15) is 0 Å². The van der Waals surface area contributed by atoms with Gasteiger partial charge in [0.25, 0.3) is 11.5 Å². The largest absolute Gasteiger partial charge is 0.348 e. The molecule has 1 aliphatic heterocycles. The Hall–Kier alpha value is -2.25. The molecule has 1 aliphatic carbocycles. The van der Waals surface area contributed by atoms with Crippen LogP contribution in [0.4, 0.5) is 0 Å². The molecule has 1 atom stereocenters. The minimum atomic E-state index is -0.171. The second-order valence-electron chi connectivity index (χ2n) is 8.49. The van der Waals surface area contributed by atoms with E-state index >= 15 is 0 Å². The first-order valence-electron chi connectivity index (χ1n) is 11.0. The third-order valence-corrected chi connectivity index (χ3v) is 6.77. The number of nitrogens with zero attached hydrogens (tertiary/aromatic N) is 2. The predicted molar refractivity (Wildman–Crippen MR) is 123 cm³/mol. The zero-order chi connectivity index (χ0) is 21.1. The molecule has 1 saturated heterocycles. The summed E-state index contributed by atoms with van der Waals surface area (Å²) in [6.45, 7) is 6.01. The van der Waals surface area contributed by atoms with Crippen LogP contribution >= 0.6 is 12.2 Å². The van der Waals surface area contributed by atoms with Crippen molar-refractivity contribution in [1.82, 2.24) is 19.8 Å². The van der Waals surface area contributed by atoms with E-state index in [0.717, 1.165) is 19.5 Å². The fraction of sp³-hybridized carbons (Fsp3) is 0.522. The minimum absolute atomic E-state index is 0.0980. The molecule has 2 aromatic rings. The van der Waals surface area contributed by atoms with Crippen LogP contribution in [0.2, 0.25) is 0 Å². The molecule has 160 valence electrons. The molecule has 1 amide bonds. The number of rotatable bonds is 5. The van der Waals surface area contributed by atoms with Gasteiger partial charge >= 0.3 is 0 Å². The number of fused-ring (bicyclic) bond motifs is 1. The van der Waals surface area contributed by atoms with Crippen molar-refractivity contribution in [2.45, 2.75) is 63.6 Å². The number of benzene rings is 1. The van der Waals surface area contributed by atoms with Crippen LogP contribution in [0, 0.1) is 4.77 Å². The molecule has 1 aromatic carbocycles. The highest BCUT2D eigenvalue weighted by atomic mass is 32.1. The number of nitrogens with one attached hydrogen (secondary N) is 2. The van der Waals surface area contributed by atoms with Gasteiger partial charge in [0.05, 0.1) is 10.9 Å². The van der Waals surface area contributed by atoms with E-state index in [-0.39, 0.29) is 17.5 Å². The number of aromatic amines is 1. The van der Waals surface area contributed by atoms with Gasteiger partial charge in [-0.05, 0) is 49.7 Å². The molecular weight excluding hydrogens is 396 g/mol. The first-order chi connectivity index (χ1) is 14.6. The lowest BCUT2D eigenvalue weighted by Gasteiger charge is -2.26. The van der Waals surface area contributed by atoms with Crippen LogP contribution in [0.3, 0.4) is 0 Å². The molecule has 0 spiro atoms. The Labute approximate surface area is 182 Å². The quantitative estimate of drug-likeness (QED) is 0.434. The topological polar surface area (TPSA) is 70.1 Å². The Balaban J connectivity index is 1.46. The van der Waals surface area contributed by atoms with Gasteiger partial charge in [-0.1, -0.05) is 31.8 Å². The van der Waals surface area contributed by atoms with Crippen molar-refractivity contribution in [1.29, 1.82) is 0 Å². The highest BCUT2D eigenvalue weighted by molar-refractivity contribution is 7.71. The second kappa shape index (κ2) is 9.27. The van der Waals surface area contributed by atoms with Crippen LogP contribution in [0.1, 0.15) is 55.3 Å². The molecule has 0 bridgehead atoms. The number of hydrogen-bond acceptors (Lipinski definition) is 4. The van der Waals surface area contributed by atoms with E-state index < -0.39 is 0 Å².